The second-order valence-corrected chi connectivity index (χ2v) is 8.10. The molecule has 3 aromatic rings. The second-order valence-electron chi connectivity index (χ2n) is 8.10. The summed E-state index contributed by atoms with van der Waals surface area (Å²) < 4.78 is 5.32. The summed E-state index contributed by atoms with van der Waals surface area (Å²) in [6, 6.07) is 29.2. The minimum Gasteiger partial charge on any atom is -0.495 e. The standard InChI is InChI=1S/C27H31N3O2/c1-32-25-15-9-8-14-24(25)28-26(31)16-17-29-18-20-30(21-19-29)27(22-10-4-2-5-11-22)23-12-6-3-7-13-23/h2-15,27H,16-21H2,1H3,(H,28,31). The minimum absolute atomic E-state index is 0.0170. The van der Waals surface area contributed by atoms with Crippen molar-refractivity contribution in [2.24, 2.45) is 0 Å². The van der Waals surface area contributed by atoms with Crippen molar-refractivity contribution in [3.63, 3.8) is 0 Å². The molecular weight excluding hydrogens is 398 g/mol. The maximum absolute atomic E-state index is 12.5. The zero-order valence-corrected chi connectivity index (χ0v) is 18.6. The topological polar surface area (TPSA) is 44.8 Å². The van der Waals surface area contributed by atoms with Crippen molar-refractivity contribution in [2.75, 3.05) is 45.2 Å². The van der Waals surface area contributed by atoms with Gasteiger partial charge in [0.1, 0.15) is 5.75 Å². The number of methoxy groups -OCH3 is 1. The molecule has 1 fully saturated rings. The number of para-hydroxylation sites is 2. The zero-order valence-electron chi connectivity index (χ0n) is 18.6. The highest BCUT2D eigenvalue weighted by Crippen LogP contribution is 2.29. The molecule has 4 rings (SSSR count). The average molecular weight is 430 g/mol. The Morgan fingerprint density at radius 2 is 1.41 bits per heavy atom. The van der Waals surface area contributed by atoms with Gasteiger partial charge in [-0.1, -0.05) is 72.8 Å². The Morgan fingerprint density at radius 3 is 2.00 bits per heavy atom. The van der Waals surface area contributed by atoms with Crippen LogP contribution in [-0.4, -0.2) is 55.5 Å². The van der Waals surface area contributed by atoms with E-state index in [4.69, 9.17) is 4.74 Å². The highest BCUT2D eigenvalue weighted by molar-refractivity contribution is 5.92. The van der Waals surface area contributed by atoms with Gasteiger partial charge in [-0.05, 0) is 23.3 Å². The van der Waals surface area contributed by atoms with Gasteiger partial charge in [-0.2, -0.15) is 0 Å². The van der Waals surface area contributed by atoms with Crippen LogP contribution in [0, 0.1) is 0 Å². The van der Waals surface area contributed by atoms with Crippen molar-refractivity contribution in [1.82, 2.24) is 9.80 Å². The average Bonchev–Trinajstić information content (AvgIpc) is 2.85. The first-order chi connectivity index (χ1) is 15.7. The van der Waals surface area contributed by atoms with Crippen molar-refractivity contribution in [1.29, 1.82) is 0 Å². The van der Waals surface area contributed by atoms with E-state index >= 15 is 0 Å². The lowest BCUT2D eigenvalue weighted by Gasteiger charge is -2.39. The predicted molar refractivity (Wildman–Crippen MR) is 129 cm³/mol. The molecule has 166 valence electrons. The fourth-order valence-electron chi connectivity index (χ4n) is 4.35. The molecule has 1 aliphatic rings. The van der Waals surface area contributed by atoms with Crippen LogP contribution in [0.15, 0.2) is 84.9 Å². The van der Waals surface area contributed by atoms with E-state index < -0.39 is 0 Å². The molecule has 0 unspecified atom stereocenters. The van der Waals surface area contributed by atoms with Crippen LogP contribution in [0.25, 0.3) is 0 Å². The molecule has 0 atom stereocenters. The van der Waals surface area contributed by atoms with Crippen molar-refractivity contribution >= 4 is 11.6 Å². The molecule has 1 amide bonds. The third-order valence-electron chi connectivity index (χ3n) is 6.04. The number of benzene rings is 3. The summed E-state index contributed by atoms with van der Waals surface area (Å²) in [6.45, 7) is 4.62. The maximum Gasteiger partial charge on any atom is 0.225 e. The number of amides is 1. The van der Waals surface area contributed by atoms with Gasteiger partial charge in [0.05, 0.1) is 18.8 Å². The van der Waals surface area contributed by atoms with Crippen LogP contribution in [-0.2, 0) is 4.79 Å². The highest BCUT2D eigenvalue weighted by Gasteiger charge is 2.26. The molecule has 3 aromatic carbocycles. The zero-order chi connectivity index (χ0) is 22.2. The van der Waals surface area contributed by atoms with Crippen molar-refractivity contribution in [2.45, 2.75) is 12.5 Å². The van der Waals surface area contributed by atoms with Crippen molar-refractivity contribution < 1.29 is 9.53 Å². The molecule has 0 aromatic heterocycles. The van der Waals surface area contributed by atoms with Crippen LogP contribution < -0.4 is 10.1 Å². The fourth-order valence-corrected chi connectivity index (χ4v) is 4.35. The predicted octanol–water partition coefficient (Wildman–Crippen LogP) is 4.43. The summed E-state index contributed by atoms with van der Waals surface area (Å²) in [5.41, 5.74) is 3.37. The largest absolute Gasteiger partial charge is 0.495 e. The number of hydrogen-bond acceptors (Lipinski definition) is 4. The summed E-state index contributed by atoms with van der Waals surface area (Å²) in [7, 11) is 1.61. The van der Waals surface area contributed by atoms with E-state index in [1.807, 2.05) is 24.3 Å². The number of carbonyl (C=O) groups is 1. The van der Waals surface area contributed by atoms with Gasteiger partial charge in [0, 0.05) is 39.1 Å². The first-order valence-corrected chi connectivity index (χ1v) is 11.2. The van der Waals surface area contributed by atoms with Crippen molar-refractivity contribution in [3.8, 4) is 5.75 Å². The van der Waals surface area contributed by atoms with Gasteiger partial charge in [-0.15, -0.1) is 0 Å². The second kappa shape index (κ2) is 10.9. The molecule has 0 radical (unpaired) electrons. The van der Waals surface area contributed by atoms with Crippen LogP contribution in [0.4, 0.5) is 5.69 Å². The molecule has 0 aliphatic carbocycles. The van der Waals surface area contributed by atoms with E-state index in [1.165, 1.54) is 11.1 Å². The summed E-state index contributed by atoms with van der Waals surface area (Å²) >= 11 is 0. The number of rotatable bonds is 8. The van der Waals surface area contributed by atoms with Gasteiger partial charge in [0.25, 0.3) is 0 Å². The third-order valence-corrected chi connectivity index (χ3v) is 6.04. The fraction of sp³-hybridized carbons (Fsp3) is 0.296. The van der Waals surface area contributed by atoms with Crippen LogP contribution in [0.3, 0.4) is 0 Å². The number of nitrogens with zero attached hydrogens (tertiary/aromatic N) is 2. The molecule has 5 nitrogen and oxygen atoms in total. The quantitative estimate of drug-likeness (QED) is 0.575. The Kier molecular flexibility index (Phi) is 7.54. The van der Waals surface area contributed by atoms with Crippen LogP contribution >= 0.6 is 0 Å². The van der Waals surface area contributed by atoms with Gasteiger partial charge < -0.3 is 15.0 Å². The van der Waals surface area contributed by atoms with Gasteiger partial charge in [0.2, 0.25) is 5.91 Å². The Labute approximate surface area is 190 Å². The molecule has 0 saturated carbocycles. The number of piperazine rings is 1. The minimum atomic E-state index is 0.0170. The Balaban J connectivity index is 1.32. The van der Waals surface area contributed by atoms with E-state index in [0.29, 0.717) is 12.2 Å². The van der Waals surface area contributed by atoms with Gasteiger partial charge >= 0.3 is 0 Å². The summed E-state index contributed by atoms with van der Waals surface area (Å²) in [6.07, 6.45) is 0.471. The smallest absolute Gasteiger partial charge is 0.225 e. The molecule has 32 heavy (non-hydrogen) atoms. The normalized spacial score (nSPS) is 14.9. The monoisotopic (exact) mass is 429 g/mol. The molecule has 1 N–H and O–H groups in total. The Bertz CT molecular complexity index is 947. The molecule has 0 bridgehead atoms. The van der Waals surface area contributed by atoms with Gasteiger partial charge in [-0.3, -0.25) is 9.69 Å². The highest BCUT2D eigenvalue weighted by atomic mass is 16.5. The number of hydrogen-bond donors (Lipinski definition) is 1. The van der Waals surface area contributed by atoms with Crippen LogP contribution in [0.2, 0.25) is 0 Å². The van der Waals surface area contributed by atoms with Crippen LogP contribution in [0.5, 0.6) is 5.75 Å². The lowest BCUT2D eigenvalue weighted by atomic mass is 9.96. The molecule has 0 spiro atoms. The van der Waals surface area contributed by atoms with E-state index in [1.54, 1.807) is 7.11 Å². The molecular formula is C27H31N3O2. The number of carbonyl (C=O) groups excluding carboxylic acids is 1. The Hall–Kier alpha value is -3.15. The summed E-state index contributed by atoms with van der Waals surface area (Å²) in [5.74, 6) is 0.700. The summed E-state index contributed by atoms with van der Waals surface area (Å²) in [4.78, 5) is 17.4. The number of nitrogens with one attached hydrogen (secondary N) is 1. The van der Waals surface area contributed by atoms with E-state index in [0.717, 1.165) is 38.4 Å². The first kappa shape index (κ1) is 22.1. The lowest BCUT2D eigenvalue weighted by molar-refractivity contribution is -0.116. The molecule has 1 saturated heterocycles. The van der Waals surface area contributed by atoms with Gasteiger partial charge in [0.15, 0.2) is 0 Å². The van der Waals surface area contributed by atoms with E-state index in [9.17, 15) is 4.79 Å². The lowest BCUT2D eigenvalue weighted by Crippen LogP contribution is -2.48. The number of ether oxygens (including phenoxy) is 1. The first-order valence-electron chi connectivity index (χ1n) is 11.2. The number of anilines is 1. The molecule has 1 heterocycles. The van der Waals surface area contributed by atoms with Crippen molar-refractivity contribution in [3.05, 3.63) is 96.1 Å². The Morgan fingerprint density at radius 1 is 0.844 bits per heavy atom. The van der Waals surface area contributed by atoms with E-state index in [-0.39, 0.29) is 11.9 Å². The summed E-state index contributed by atoms with van der Waals surface area (Å²) in [5, 5.41) is 2.97. The SMILES string of the molecule is COc1ccccc1NC(=O)CCN1CCN(C(c2ccccc2)c2ccccc2)CC1. The molecule has 5 heteroatoms. The van der Waals surface area contributed by atoms with Crippen LogP contribution in [0.1, 0.15) is 23.6 Å². The maximum atomic E-state index is 12.5. The van der Waals surface area contributed by atoms with E-state index in [2.05, 4.69) is 75.8 Å². The molecule has 1 aliphatic heterocycles. The van der Waals surface area contributed by atoms with Gasteiger partial charge in [-0.25, -0.2) is 0 Å². The third kappa shape index (κ3) is 5.55.